The molecule has 0 aromatic heterocycles. The van der Waals surface area contributed by atoms with Gasteiger partial charge in [0.15, 0.2) is 0 Å². The first-order valence-corrected chi connectivity index (χ1v) is 3.08. The summed E-state index contributed by atoms with van der Waals surface area (Å²) < 4.78 is 0.968. The van der Waals surface area contributed by atoms with Crippen LogP contribution in [0.25, 0.3) is 0 Å². The third-order valence-corrected chi connectivity index (χ3v) is 1.30. The quantitative estimate of drug-likeness (QED) is 0.261. The van der Waals surface area contributed by atoms with Crippen molar-refractivity contribution >= 4 is 8.53 Å². The number of hydrogen-bond acceptors (Lipinski definition) is 4. The first-order chi connectivity index (χ1) is 3.18. The van der Waals surface area contributed by atoms with E-state index in [-0.39, 0.29) is 0 Å². The van der Waals surface area contributed by atoms with E-state index in [4.69, 9.17) is 15.6 Å². The van der Waals surface area contributed by atoms with E-state index < -0.39 is 8.53 Å². The molecule has 0 heterocycles. The van der Waals surface area contributed by atoms with Gasteiger partial charge in [-0.3, -0.25) is 5.84 Å². The van der Waals surface area contributed by atoms with Crippen LogP contribution < -0.4 is 5.84 Å². The molecule has 0 aliphatic heterocycles. The van der Waals surface area contributed by atoms with Gasteiger partial charge in [0.25, 0.3) is 8.53 Å². The minimum Gasteiger partial charge on any atom is -0.337 e. The Morgan fingerprint density at radius 1 is 1.71 bits per heavy atom. The van der Waals surface area contributed by atoms with Gasteiger partial charge in [-0.15, -0.1) is 0 Å². The van der Waals surface area contributed by atoms with Crippen LogP contribution in [0.5, 0.6) is 0 Å². The molecule has 0 fully saturated rings. The summed E-state index contributed by atoms with van der Waals surface area (Å²) in [6, 6.07) is 0. The van der Waals surface area contributed by atoms with Crippen LogP contribution in [0.1, 0.15) is 6.92 Å². The molecule has 0 aliphatic carbocycles. The monoisotopic (exact) mass is 124 g/mol. The van der Waals surface area contributed by atoms with Gasteiger partial charge in [0.05, 0.1) is 0 Å². The summed E-state index contributed by atoms with van der Waals surface area (Å²) in [4.78, 5) is 16.5. The number of nitrogens with two attached hydrogens (primary N) is 1. The Labute approximate surface area is 43.5 Å². The van der Waals surface area contributed by atoms with Gasteiger partial charge in [-0.2, -0.15) is 4.78 Å². The lowest BCUT2D eigenvalue weighted by Gasteiger charge is -2.12. The molecular weight excluding hydrogens is 115 g/mol. The smallest absolute Gasteiger partial charge is 0.267 e. The molecule has 7 heavy (non-hydrogen) atoms. The molecule has 4 nitrogen and oxygen atoms in total. The number of nitrogens with zero attached hydrogens (tertiary/aromatic N) is 1. The minimum atomic E-state index is -2.05. The molecule has 0 saturated carbocycles. The average molecular weight is 124 g/mol. The standard InChI is InChI=1S/C2H9N2O2P/c1-2-4(3)7(5)6/h5-6H,2-3H2,1H3. The fourth-order valence-corrected chi connectivity index (χ4v) is 0.379. The topological polar surface area (TPSA) is 69.7 Å². The van der Waals surface area contributed by atoms with E-state index in [1.807, 2.05) is 0 Å². The van der Waals surface area contributed by atoms with Gasteiger partial charge in [0.2, 0.25) is 0 Å². The summed E-state index contributed by atoms with van der Waals surface area (Å²) in [6.45, 7) is 2.19. The van der Waals surface area contributed by atoms with Crippen molar-refractivity contribution in [3.63, 3.8) is 0 Å². The van der Waals surface area contributed by atoms with E-state index in [1.165, 1.54) is 0 Å². The van der Waals surface area contributed by atoms with Gasteiger partial charge in [0.1, 0.15) is 0 Å². The Bertz CT molecular complexity index is 51.0. The van der Waals surface area contributed by atoms with E-state index in [0.29, 0.717) is 6.54 Å². The SMILES string of the molecule is CCN(N)P(O)O. The van der Waals surface area contributed by atoms with Crippen molar-refractivity contribution in [3.05, 3.63) is 0 Å². The fourth-order valence-electron chi connectivity index (χ4n) is 0.126. The zero-order chi connectivity index (χ0) is 5.86. The molecule has 0 amide bonds. The van der Waals surface area contributed by atoms with Crippen LogP contribution in [0.4, 0.5) is 0 Å². The van der Waals surface area contributed by atoms with Crippen molar-refractivity contribution < 1.29 is 9.79 Å². The highest BCUT2D eigenvalue weighted by Gasteiger charge is 2.02. The van der Waals surface area contributed by atoms with Crippen molar-refractivity contribution in [1.29, 1.82) is 0 Å². The lowest BCUT2D eigenvalue weighted by atomic mass is 10.8. The van der Waals surface area contributed by atoms with Gasteiger partial charge in [-0.1, -0.05) is 6.92 Å². The Morgan fingerprint density at radius 3 is 2.14 bits per heavy atom. The summed E-state index contributed by atoms with van der Waals surface area (Å²) in [5, 5.41) is 0. The van der Waals surface area contributed by atoms with Crippen LogP contribution in [0, 0.1) is 0 Å². The predicted octanol–water partition coefficient (Wildman–Crippen LogP) is -0.607. The predicted molar refractivity (Wildman–Crippen MR) is 27.9 cm³/mol. The molecule has 0 bridgehead atoms. The van der Waals surface area contributed by atoms with E-state index in [1.54, 1.807) is 6.92 Å². The van der Waals surface area contributed by atoms with Crippen molar-refractivity contribution in [1.82, 2.24) is 4.78 Å². The van der Waals surface area contributed by atoms with Crippen molar-refractivity contribution in [2.45, 2.75) is 6.92 Å². The summed E-state index contributed by atoms with van der Waals surface area (Å²) in [5.74, 6) is 4.98. The van der Waals surface area contributed by atoms with Gasteiger partial charge in [0, 0.05) is 6.54 Å². The molecular formula is C2H9N2O2P. The fraction of sp³-hybridized carbons (Fsp3) is 1.00. The van der Waals surface area contributed by atoms with Crippen LogP contribution in [0.2, 0.25) is 0 Å². The molecule has 0 aromatic rings. The highest BCUT2D eigenvalue weighted by atomic mass is 31.2. The second-order valence-corrected chi connectivity index (χ2v) is 2.07. The molecule has 0 atom stereocenters. The van der Waals surface area contributed by atoms with E-state index in [0.717, 1.165) is 4.78 Å². The van der Waals surface area contributed by atoms with E-state index >= 15 is 0 Å². The first kappa shape index (κ1) is 7.27. The highest BCUT2D eigenvalue weighted by Crippen LogP contribution is 2.23. The number of rotatable bonds is 2. The van der Waals surface area contributed by atoms with Crippen LogP contribution in [0.15, 0.2) is 0 Å². The van der Waals surface area contributed by atoms with Gasteiger partial charge in [-0.05, 0) is 0 Å². The largest absolute Gasteiger partial charge is 0.337 e. The Morgan fingerprint density at radius 2 is 2.14 bits per heavy atom. The number of hydrazine groups is 1. The molecule has 0 spiro atoms. The number of hydrogen-bond donors (Lipinski definition) is 3. The lowest BCUT2D eigenvalue weighted by molar-refractivity contribution is 0.358. The summed E-state index contributed by atoms with van der Waals surface area (Å²) in [6.07, 6.45) is 0. The van der Waals surface area contributed by atoms with Gasteiger partial charge < -0.3 is 9.79 Å². The molecule has 0 unspecified atom stereocenters. The molecule has 5 heteroatoms. The maximum atomic E-state index is 8.24. The van der Waals surface area contributed by atoms with Crippen LogP contribution in [-0.2, 0) is 0 Å². The lowest BCUT2D eigenvalue weighted by Crippen LogP contribution is -2.24. The molecule has 4 N–H and O–H groups in total. The Balaban J connectivity index is 3.14. The molecule has 0 saturated heterocycles. The normalized spacial score (nSPS) is 11.1. The summed E-state index contributed by atoms with van der Waals surface area (Å²) in [7, 11) is -2.05. The van der Waals surface area contributed by atoms with E-state index in [9.17, 15) is 0 Å². The molecule has 44 valence electrons. The molecule has 0 rings (SSSR count). The summed E-state index contributed by atoms with van der Waals surface area (Å²) in [5.41, 5.74) is 0. The third-order valence-electron chi connectivity index (χ3n) is 0.554. The highest BCUT2D eigenvalue weighted by molar-refractivity contribution is 7.42. The van der Waals surface area contributed by atoms with Crippen LogP contribution in [0.3, 0.4) is 0 Å². The Hall–Kier alpha value is 0.270. The second-order valence-electron chi connectivity index (χ2n) is 1.02. The first-order valence-electron chi connectivity index (χ1n) is 1.88. The molecule has 0 aromatic carbocycles. The van der Waals surface area contributed by atoms with Crippen LogP contribution in [-0.4, -0.2) is 21.1 Å². The van der Waals surface area contributed by atoms with Gasteiger partial charge in [-0.25, -0.2) is 0 Å². The van der Waals surface area contributed by atoms with Crippen molar-refractivity contribution in [2.75, 3.05) is 6.54 Å². The summed E-state index contributed by atoms with van der Waals surface area (Å²) >= 11 is 0. The zero-order valence-electron chi connectivity index (χ0n) is 4.07. The zero-order valence-corrected chi connectivity index (χ0v) is 4.97. The van der Waals surface area contributed by atoms with Crippen molar-refractivity contribution in [2.24, 2.45) is 5.84 Å². The maximum Gasteiger partial charge on any atom is 0.267 e. The third kappa shape index (κ3) is 2.91. The maximum absolute atomic E-state index is 8.24. The molecule has 0 aliphatic rings. The molecule has 0 radical (unpaired) electrons. The Kier molecular flexibility index (Phi) is 3.42. The minimum absolute atomic E-state index is 0.457. The second kappa shape index (κ2) is 3.29. The van der Waals surface area contributed by atoms with Crippen LogP contribution >= 0.6 is 8.53 Å². The van der Waals surface area contributed by atoms with E-state index in [2.05, 4.69) is 0 Å². The average Bonchev–Trinajstić information content (AvgIpc) is 1.65. The van der Waals surface area contributed by atoms with Crippen molar-refractivity contribution in [3.8, 4) is 0 Å². The van der Waals surface area contributed by atoms with Gasteiger partial charge >= 0.3 is 0 Å².